The van der Waals surface area contributed by atoms with Crippen LogP contribution in [-0.4, -0.2) is 35.1 Å². The summed E-state index contributed by atoms with van der Waals surface area (Å²) in [7, 11) is 4.33. The number of hydrogen-bond acceptors (Lipinski definition) is 5. The summed E-state index contributed by atoms with van der Waals surface area (Å²) >= 11 is 5.17. The maximum absolute atomic E-state index is 3.87. The molecule has 23 heavy (non-hydrogen) atoms. The van der Waals surface area contributed by atoms with Crippen molar-refractivity contribution in [1.82, 2.24) is 14.5 Å². The topological polar surface area (TPSA) is 29.0 Å². The first-order valence-electron chi connectivity index (χ1n) is 9.27. The molecular weight excluding hydrogens is 322 g/mol. The molecule has 0 atom stereocenters. The van der Waals surface area contributed by atoms with Crippen molar-refractivity contribution >= 4 is 24.2 Å². The van der Waals surface area contributed by atoms with Crippen molar-refractivity contribution in [2.24, 2.45) is 0 Å². The summed E-state index contributed by atoms with van der Waals surface area (Å²) < 4.78 is 3.54. The summed E-state index contributed by atoms with van der Waals surface area (Å²) in [6.07, 6.45) is 17.3. The molecule has 0 bridgehead atoms. The number of hydrogen-bond donors (Lipinski definition) is 1. The second kappa shape index (κ2) is 18.2. The smallest absolute Gasteiger partial charge is 0.128 e. The maximum atomic E-state index is 3.87. The number of unbranched alkanes of at least 4 members (excludes halogenated alkanes) is 11. The van der Waals surface area contributed by atoms with Crippen LogP contribution in [0.15, 0.2) is 10.4 Å². The molecule has 1 aromatic heterocycles. The molecule has 0 aliphatic heterocycles. The molecule has 0 radical (unpaired) electrons. The first-order valence-corrected chi connectivity index (χ1v) is 10.6. The molecule has 1 heterocycles. The van der Waals surface area contributed by atoms with Gasteiger partial charge in [-0.15, -0.1) is 17.7 Å². The highest BCUT2D eigenvalue weighted by atomic mass is 32.1. The van der Waals surface area contributed by atoms with Gasteiger partial charge in [-0.05, 0) is 38.6 Å². The van der Waals surface area contributed by atoms with Crippen molar-refractivity contribution in [2.75, 3.05) is 20.6 Å². The van der Waals surface area contributed by atoms with Crippen LogP contribution in [0.5, 0.6) is 0 Å². The second-order valence-corrected chi connectivity index (χ2v) is 7.52. The second-order valence-electron chi connectivity index (χ2n) is 6.46. The van der Waals surface area contributed by atoms with Gasteiger partial charge in [-0.1, -0.05) is 82.0 Å². The van der Waals surface area contributed by atoms with E-state index in [2.05, 4.69) is 48.1 Å². The third-order valence-electron chi connectivity index (χ3n) is 3.81. The molecule has 0 fully saturated rings. The monoisotopic (exact) mass is 359 g/mol. The van der Waals surface area contributed by atoms with Crippen molar-refractivity contribution in [3.8, 4) is 0 Å². The summed E-state index contributed by atoms with van der Waals surface area (Å²) in [6, 6.07) is 0. The van der Waals surface area contributed by atoms with E-state index in [1.54, 1.807) is 5.38 Å². The quantitative estimate of drug-likeness (QED) is 0.342. The van der Waals surface area contributed by atoms with E-state index in [1.807, 2.05) is 0 Å². The number of thiol groups is 1. The first-order chi connectivity index (χ1) is 11.2. The Hall–Kier alpha value is -0.130. The van der Waals surface area contributed by atoms with Crippen LogP contribution >= 0.6 is 24.2 Å². The largest absolute Gasteiger partial charge is 0.309 e. The molecule has 3 nitrogen and oxygen atoms in total. The Kier molecular flexibility index (Phi) is 18.1. The normalized spacial score (nSPS) is 10.7. The van der Waals surface area contributed by atoms with Crippen molar-refractivity contribution in [1.29, 1.82) is 0 Å². The molecule has 5 heteroatoms. The van der Waals surface area contributed by atoms with Gasteiger partial charge < -0.3 is 4.90 Å². The van der Waals surface area contributed by atoms with E-state index in [1.165, 1.54) is 95.1 Å². The van der Waals surface area contributed by atoms with E-state index in [0.717, 1.165) is 0 Å². The summed E-state index contributed by atoms with van der Waals surface area (Å²) in [5.74, 6) is 0. The number of rotatable bonds is 13. The highest BCUT2D eigenvalue weighted by molar-refractivity contribution is 7.80. The third-order valence-corrected chi connectivity index (χ3v) is 4.71. The van der Waals surface area contributed by atoms with E-state index in [9.17, 15) is 0 Å². The van der Waals surface area contributed by atoms with Gasteiger partial charge >= 0.3 is 0 Å². The Morgan fingerprint density at radius 1 is 0.870 bits per heavy atom. The maximum Gasteiger partial charge on any atom is 0.128 e. The molecule has 1 aromatic rings. The predicted molar refractivity (Wildman–Crippen MR) is 107 cm³/mol. The fourth-order valence-electron chi connectivity index (χ4n) is 2.43. The fraction of sp³-hybridized carbons (Fsp3) is 0.889. The highest BCUT2D eigenvalue weighted by Gasteiger charge is 1.94. The summed E-state index contributed by atoms with van der Waals surface area (Å²) in [4.78, 5) is 2.29. The first kappa shape index (κ1) is 22.9. The standard InChI is InChI=1S/C16H35N.C2H2N2S2/c1-4-5-6-7-8-9-10-11-12-13-14-15-16-17(2)3;5-2-1-6-4-3-2/h4-16H2,1-3H3;1,5H. The molecule has 136 valence electrons. The van der Waals surface area contributed by atoms with Crippen molar-refractivity contribution < 1.29 is 0 Å². The molecule has 0 saturated heterocycles. The van der Waals surface area contributed by atoms with Gasteiger partial charge in [0.25, 0.3) is 0 Å². The summed E-state index contributed by atoms with van der Waals surface area (Å²) in [5.41, 5.74) is 0. The molecule has 0 N–H and O–H groups in total. The number of aromatic nitrogens is 2. The van der Waals surface area contributed by atoms with Crippen LogP contribution in [0.25, 0.3) is 0 Å². The lowest BCUT2D eigenvalue weighted by Gasteiger charge is -2.08. The van der Waals surface area contributed by atoms with E-state index >= 15 is 0 Å². The van der Waals surface area contributed by atoms with Gasteiger partial charge in [0, 0.05) is 5.38 Å². The van der Waals surface area contributed by atoms with Crippen LogP contribution in [0.1, 0.15) is 84.0 Å². The van der Waals surface area contributed by atoms with Gasteiger partial charge in [-0.3, -0.25) is 0 Å². The van der Waals surface area contributed by atoms with Crippen LogP contribution in [-0.2, 0) is 0 Å². The molecule has 0 aliphatic carbocycles. The Morgan fingerprint density at radius 3 is 1.65 bits per heavy atom. The molecule has 0 amide bonds. The van der Waals surface area contributed by atoms with E-state index in [4.69, 9.17) is 0 Å². The number of nitrogens with zero attached hydrogens (tertiary/aromatic N) is 3. The lowest BCUT2D eigenvalue weighted by molar-refractivity contribution is 0.389. The molecule has 0 saturated carbocycles. The molecule has 0 aromatic carbocycles. The Labute approximate surface area is 153 Å². The van der Waals surface area contributed by atoms with E-state index < -0.39 is 0 Å². The van der Waals surface area contributed by atoms with Crippen LogP contribution < -0.4 is 0 Å². The average Bonchev–Trinajstić information content (AvgIpc) is 3.00. The van der Waals surface area contributed by atoms with E-state index in [-0.39, 0.29) is 0 Å². The van der Waals surface area contributed by atoms with Gasteiger partial charge in [-0.2, -0.15) is 0 Å². The van der Waals surface area contributed by atoms with Crippen LogP contribution in [0.2, 0.25) is 0 Å². The Bertz CT molecular complexity index is 316. The van der Waals surface area contributed by atoms with Crippen molar-refractivity contribution in [2.45, 2.75) is 89.0 Å². The third kappa shape index (κ3) is 19.8. The minimum Gasteiger partial charge on any atom is -0.309 e. The molecule has 0 aliphatic rings. The molecule has 0 spiro atoms. The van der Waals surface area contributed by atoms with Crippen molar-refractivity contribution in [3.05, 3.63) is 5.38 Å². The lowest BCUT2D eigenvalue weighted by atomic mass is 10.1. The predicted octanol–water partition coefficient (Wildman–Crippen LogP) is 6.08. The lowest BCUT2D eigenvalue weighted by Crippen LogP contribution is -2.12. The van der Waals surface area contributed by atoms with Gasteiger partial charge in [0.05, 0.1) is 0 Å². The average molecular weight is 360 g/mol. The van der Waals surface area contributed by atoms with Gasteiger partial charge in [-0.25, -0.2) is 0 Å². The summed E-state index contributed by atoms with van der Waals surface area (Å²) in [6.45, 7) is 3.55. The SMILES string of the molecule is CCCCCCCCCCCCCCN(C)C.Sc1csnn1. The van der Waals surface area contributed by atoms with Gasteiger partial charge in [0.1, 0.15) is 5.03 Å². The van der Waals surface area contributed by atoms with Crippen LogP contribution in [0.4, 0.5) is 0 Å². The van der Waals surface area contributed by atoms with E-state index in [0.29, 0.717) is 5.03 Å². The molecule has 0 unspecified atom stereocenters. The highest BCUT2D eigenvalue weighted by Crippen LogP contribution is 2.11. The summed E-state index contributed by atoms with van der Waals surface area (Å²) in [5, 5.41) is 6.01. The van der Waals surface area contributed by atoms with Crippen LogP contribution in [0, 0.1) is 0 Å². The van der Waals surface area contributed by atoms with Crippen molar-refractivity contribution in [3.63, 3.8) is 0 Å². The Morgan fingerprint density at radius 2 is 1.35 bits per heavy atom. The minimum atomic E-state index is 0.694. The zero-order valence-electron chi connectivity index (χ0n) is 15.5. The van der Waals surface area contributed by atoms with Gasteiger partial charge in [0.2, 0.25) is 0 Å². The Balaban J connectivity index is 0.000000664. The molecule has 1 rings (SSSR count). The minimum absolute atomic E-state index is 0.694. The fourth-order valence-corrected chi connectivity index (χ4v) is 3.00. The van der Waals surface area contributed by atoms with Gasteiger partial charge in [0.15, 0.2) is 0 Å². The zero-order valence-corrected chi connectivity index (χ0v) is 17.2. The van der Waals surface area contributed by atoms with Crippen LogP contribution in [0.3, 0.4) is 0 Å². The molecular formula is C18H37N3S2. The zero-order chi connectivity index (χ0) is 17.2.